The third-order valence-electron chi connectivity index (χ3n) is 2.58. The first-order valence-corrected chi connectivity index (χ1v) is 6.92. The molecule has 0 aliphatic heterocycles. The molecule has 0 fully saturated rings. The van der Waals surface area contributed by atoms with E-state index >= 15 is 0 Å². The van der Waals surface area contributed by atoms with Gasteiger partial charge in [-0.2, -0.15) is 0 Å². The van der Waals surface area contributed by atoms with E-state index in [0.717, 1.165) is 15.7 Å². The summed E-state index contributed by atoms with van der Waals surface area (Å²) in [5.41, 5.74) is 7.94. The lowest BCUT2D eigenvalue weighted by atomic mass is 10.0. The Morgan fingerprint density at radius 3 is 2.61 bits per heavy atom. The molecule has 0 saturated carbocycles. The second-order valence-electron chi connectivity index (χ2n) is 3.94. The van der Waals surface area contributed by atoms with Gasteiger partial charge in [0.2, 0.25) is 0 Å². The number of pyridine rings is 1. The van der Waals surface area contributed by atoms with Crippen molar-refractivity contribution < 1.29 is 0 Å². The number of aromatic nitrogens is 1. The Labute approximate surface area is 124 Å². The molecule has 0 saturated heterocycles. The van der Waals surface area contributed by atoms with Gasteiger partial charge in [0.25, 0.3) is 0 Å². The van der Waals surface area contributed by atoms with E-state index in [1.165, 1.54) is 0 Å². The van der Waals surface area contributed by atoms with Gasteiger partial charge >= 0.3 is 0 Å². The van der Waals surface area contributed by atoms with Gasteiger partial charge in [-0.05, 0) is 45.8 Å². The van der Waals surface area contributed by atoms with Crippen LogP contribution in [0.1, 0.15) is 17.3 Å². The Morgan fingerprint density at radius 1 is 1.22 bits per heavy atom. The summed E-state index contributed by atoms with van der Waals surface area (Å²) in [7, 11) is 0. The molecule has 2 rings (SSSR count). The van der Waals surface area contributed by atoms with Crippen LogP contribution in [0.25, 0.3) is 0 Å². The summed E-state index contributed by atoms with van der Waals surface area (Å²) in [6, 6.07) is 9.04. The fourth-order valence-corrected chi connectivity index (χ4v) is 2.45. The van der Waals surface area contributed by atoms with Crippen LogP contribution >= 0.6 is 39.1 Å². The Kier molecular flexibility index (Phi) is 4.62. The molecule has 0 aliphatic carbocycles. The molecule has 1 heterocycles. The van der Waals surface area contributed by atoms with E-state index in [1.54, 1.807) is 18.3 Å². The average molecular weight is 346 g/mol. The second-order valence-corrected chi connectivity index (χ2v) is 5.70. The molecule has 0 amide bonds. The fourth-order valence-electron chi connectivity index (χ4n) is 1.66. The van der Waals surface area contributed by atoms with Crippen LogP contribution in [0.5, 0.6) is 0 Å². The molecule has 1 aromatic carbocycles. The molecule has 2 aromatic rings. The molecule has 94 valence electrons. The van der Waals surface area contributed by atoms with Gasteiger partial charge in [0.15, 0.2) is 0 Å². The van der Waals surface area contributed by atoms with Gasteiger partial charge in [0, 0.05) is 38.9 Å². The van der Waals surface area contributed by atoms with Crippen LogP contribution in [-0.2, 0) is 6.42 Å². The maximum Gasteiger partial charge on any atom is 0.0468 e. The summed E-state index contributed by atoms with van der Waals surface area (Å²) in [5, 5.41) is 1.20. The van der Waals surface area contributed by atoms with E-state index in [9.17, 15) is 0 Å². The fraction of sp³-hybridized carbons (Fsp3) is 0.154. The highest BCUT2D eigenvalue weighted by molar-refractivity contribution is 9.10. The quantitative estimate of drug-likeness (QED) is 0.895. The molecule has 1 unspecified atom stereocenters. The number of benzene rings is 1. The van der Waals surface area contributed by atoms with Gasteiger partial charge in [-0.15, -0.1) is 0 Å². The number of hydrogen-bond donors (Lipinski definition) is 1. The van der Waals surface area contributed by atoms with Crippen molar-refractivity contribution in [1.29, 1.82) is 0 Å². The third kappa shape index (κ3) is 3.45. The molecular weight excluding hydrogens is 335 g/mol. The second kappa shape index (κ2) is 6.02. The largest absolute Gasteiger partial charge is 0.324 e. The zero-order valence-electron chi connectivity index (χ0n) is 9.41. The predicted octanol–water partition coefficient (Wildman–Crippen LogP) is 4.39. The standard InChI is InChI=1S/C13H11BrCl2N2/c14-8-1-3-10(18-7-8)6-13(17)11-4-2-9(15)5-12(11)16/h1-5,7,13H,6,17H2. The number of nitrogens with two attached hydrogens (primary N) is 1. The van der Waals surface area contributed by atoms with Crippen LogP contribution in [0, 0.1) is 0 Å². The lowest BCUT2D eigenvalue weighted by Crippen LogP contribution is -2.14. The molecule has 5 heteroatoms. The number of halogens is 3. The lowest BCUT2D eigenvalue weighted by molar-refractivity contribution is 0.706. The summed E-state index contributed by atoms with van der Waals surface area (Å²) >= 11 is 15.3. The molecule has 0 bridgehead atoms. The molecule has 1 atom stereocenters. The predicted molar refractivity (Wildman–Crippen MR) is 79.0 cm³/mol. The van der Waals surface area contributed by atoms with Crippen molar-refractivity contribution in [3.63, 3.8) is 0 Å². The molecule has 1 aromatic heterocycles. The molecular formula is C13H11BrCl2N2. The summed E-state index contributed by atoms with van der Waals surface area (Å²) in [4.78, 5) is 4.29. The highest BCUT2D eigenvalue weighted by Crippen LogP contribution is 2.26. The number of hydrogen-bond acceptors (Lipinski definition) is 2. The SMILES string of the molecule is NC(Cc1ccc(Br)cn1)c1ccc(Cl)cc1Cl. The van der Waals surface area contributed by atoms with Crippen molar-refractivity contribution in [2.75, 3.05) is 0 Å². The monoisotopic (exact) mass is 344 g/mol. The van der Waals surface area contributed by atoms with Gasteiger partial charge in [-0.3, -0.25) is 4.98 Å². The summed E-state index contributed by atoms with van der Waals surface area (Å²) in [6.45, 7) is 0. The first-order valence-electron chi connectivity index (χ1n) is 5.37. The van der Waals surface area contributed by atoms with Crippen molar-refractivity contribution in [2.24, 2.45) is 5.73 Å². The van der Waals surface area contributed by atoms with Crippen molar-refractivity contribution in [2.45, 2.75) is 12.5 Å². The van der Waals surface area contributed by atoms with Gasteiger partial charge in [0.05, 0.1) is 0 Å². The Hall–Kier alpha value is -0.610. The zero-order chi connectivity index (χ0) is 13.1. The van der Waals surface area contributed by atoms with Gasteiger partial charge in [0.1, 0.15) is 0 Å². The Bertz CT molecular complexity index is 543. The van der Waals surface area contributed by atoms with Crippen molar-refractivity contribution in [1.82, 2.24) is 4.98 Å². The van der Waals surface area contributed by atoms with Crippen molar-refractivity contribution >= 4 is 39.1 Å². The molecule has 2 N–H and O–H groups in total. The minimum absolute atomic E-state index is 0.191. The smallest absolute Gasteiger partial charge is 0.0468 e. The van der Waals surface area contributed by atoms with E-state index in [2.05, 4.69) is 20.9 Å². The lowest BCUT2D eigenvalue weighted by Gasteiger charge is -2.13. The maximum atomic E-state index is 6.14. The van der Waals surface area contributed by atoms with Crippen LogP contribution < -0.4 is 5.73 Å². The Balaban J connectivity index is 2.16. The van der Waals surface area contributed by atoms with Gasteiger partial charge in [-0.25, -0.2) is 0 Å². The van der Waals surface area contributed by atoms with E-state index in [-0.39, 0.29) is 6.04 Å². The summed E-state index contributed by atoms with van der Waals surface area (Å²) < 4.78 is 0.948. The van der Waals surface area contributed by atoms with Gasteiger partial charge < -0.3 is 5.73 Å². The third-order valence-corrected chi connectivity index (χ3v) is 3.61. The summed E-state index contributed by atoms with van der Waals surface area (Å²) in [5.74, 6) is 0. The highest BCUT2D eigenvalue weighted by atomic mass is 79.9. The van der Waals surface area contributed by atoms with Crippen LogP contribution in [0.4, 0.5) is 0 Å². The first kappa shape index (κ1) is 13.8. The maximum absolute atomic E-state index is 6.14. The normalized spacial score (nSPS) is 12.4. The molecule has 2 nitrogen and oxygen atoms in total. The molecule has 0 radical (unpaired) electrons. The molecule has 0 aliphatic rings. The highest BCUT2D eigenvalue weighted by Gasteiger charge is 2.12. The van der Waals surface area contributed by atoms with Crippen molar-refractivity contribution in [3.05, 3.63) is 62.3 Å². The average Bonchev–Trinajstić information content (AvgIpc) is 2.32. The molecule has 0 spiro atoms. The summed E-state index contributed by atoms with van der Waals surface area (Å²) in [6.07, 6.45) is 2.39. The number of rotatable bonds is 3. The first-order chi connectivity index (χ1) is 8.56. The minimum atomic E-state index is -0.191. The Morgan fingerprint density at radius 2 is 2.00 bits per heavy atom. The number of nitrogens with zero attached hydrogens (tertiary/aromatic N) is 1. The van der Waals surface area contributed by atoms with Crippen molar-refractivity contribution in [3.8, 4) is 0 Å². The van der Waals surface area contributed by atoms with Crippen LogP contribution in [0.15, 0.2) is 41.0 Å². The molecule has 18 heavy (non-hydrogen) atoms. The zero-order valence-corrected chi connectivity index (χ0v) is 12.5. The van der Waals surface area contributed by atoms with E-state index in [0.29, 0.717) is 16.5 Å². The van der Waals surface area contributed by atoms with Crippen LogP contribution in [0.2, 0.25) is 10.0 Å². The van der Waals surface area contributed by atoms with Gasteiger partial charge in [-0.1, -0.05) is 29.3 Å². The minimum Gasteiger partial charge on any atom is -0.324 e. The van der Waals surface area contributed by atoms with E-state index < -0.39 is 0 Å². The topological polar surface area (TPSA) is 38.9 Å². The van der Waals surface area contributed by atoms with E-state index in [4.69, 9.17) is 28.9 Å². The van der Waals surface area contributed by atoms with Crippen LogP contribution in [0.3, 0.4) is 0 Å². The van der Waals surface area contributed by atoms with Crippen LogP contribution in [-0.4, -0.2) is 4.98 Å². The van der Waals surface area contributed by atoms with E-state index in [1.807, 2.05) is 18.2 Å².